The molecular formula is C19H17IN8O. The normalized spacial score (nSPS) is 16.4. The number of anilines is 1. The maximum Gasteiger partial charge on any atom is 0.291 e. The molecule has 0 radical (unpaired) electrons. The van der Waals surface area contributed by atoms with Crippen molar-refractivity contribution in [3.05, 3.63) is 64.8 Å². The first kappa shape index (κ1) is 18.0. The fourth-order valence-corrected chi connectivity index (χ4v) is 3.83. The lowest BCUT2D eigenvalue weighted by Gasteiger charge is -2.18. The molecule has 1 fully saturated rings. The first-order chi connectivity index (χ1) is 14.2. The summed E-state index contributed by atoms with van der Waals surface area (Å²) < 4.78 is 4.68. The van der Waals surface area contributed by atoms with Gasteiger partial charge in [-0.2, -0.15) is 0 Å². The van der Waals surface area contributed by atoms with Gasteiger partial charge >= 0.3 is 0 Å². The maximum atomic E-state index is 12.6. The van der Waals surface area contributed by atoms with Crippen molar-refractivity contribution in [1.82, 2.24) is 34.4 Å². The van der Waals surface area contributed by atoms with Crippen LogP contribution in [0.15, 0.2) is 55.4 Å². The number of hydrogen-bond donors (Lipinski definition) is 1. The molecule has 1 aliphatic rings. The summed E-state index contributed by atoms with van der Waals surface area (Å²) in [6.45, 7) is 1.47. The van der Waals surface area contributed by atoms with Crippen molar-refractivity contribution < 1.29 is 4.79 Å². The summed E-state index contributed by atoms with van der Waals surface area (Å²) in [5, 5.41) is 7.35. The first-order valence-electron chi connectivity index (χ1n) is 9.18. The summed E-state index contributed by atoms with van der Waals surface area (Å²) in [6, 6.07) is 7.86. The topological polar surface area (TPSA) is 93.2 Å². The van der Waals surface area contributed by atoms with Gasteiger partial charge in [0.25, 0.3) is 5.91 Å². The Hall–Kier alpha value is -3.02. The summed E-state index contributed by atoms with van der Waals surface area (Å²) in [5.74, 6) is 0.721. The Kier molecular flexibility index (Phi) is 4.62. The molecule has 1 atom stereocenters. The molecule has 146 valence electrons. The number of nitrogens with one attached hydrogen (secondary N) is 1. The van der Waals surface area contributed by atoms with Crippen molar-refractivity contribution in [2.45, 2.75) is 12.5 Å². The van der Waals surface area contributed by atoms with Crippen LogP contribution >= 0.6 is 22.6 Å². The second-order valence-corrected chi connectivity index (χ2v) is 8.05. The Labute approximate surface area is 179 Å². The highest BCUT2D eigenvalue weighted by molar-refractivity contribution is 14.1. The maximum absolute atomic E-state index is 12.6. The van der Waals surface area contributed by atoms with Gasteiger partial charge in [0.2, 0.25) is 5.82 Å². The van der Waals surface area contributed by atoms with Gasteiger partial charge in [-0.25, -0.2) is 19.6 Å². The highest BCUT2D eigenvalue weighted by Gasteiger charge is 2.27. The minimum absolute atomic E-state index is 0.00442. The van der Waals surface area contributed by atoms with Gasteiger partial charge in [0.05, 0.1) is 5.69 Å². The van der Waals surface area contributed by atoms with Gasteiger partial charge in [-0.3, -0.25) is 4.79 Å². The van der Waals surface area contributed by atoms with Gasteiger partial charge in [-0.15, -0.1) is 5.10 Å². The van der Waals surface area contributed by atoms with E-state index in [1.165, 1.54) is 0 Å². The number of aromatic nitrogens is 6. The molecule has 0 unspecified atom stereocenters. The number of fused-ring (bicyclic) bond motifs is 1. The zero-order valence-electron chi connectivity index (χ0n) is 15.3. The lowest BCUT2D eigenvalue weighted by atomic mass is 10.2. The van der Waals surface area contributed by atoms with E-state index in [9.17, 15) is 4.79 Å². The zero-order chi connectivity index (χ0) is 19.8. The van der Waals surface area contributed by atoms with E-state index in [-0.39, 0.29) is 17.8 Å². The predicted octanol–water partition coefficient (Wildman–Crippen LogP) is 1.92. The molecule has 4 aromatic rings. The molecule has 1 N–H and O–H groups in total. The average molecular weight is 500 g/mol. The molecule has 1 saturated heterocycles. The highest BCUT2D eigenvalue weighted by atomic mass is 127. The van der Waals surface area contributed by atoms with E-state index in [0.29, 0.717) is 6.54 Å². The van der Waals surface area contributed by atoms with Crippen LogP contribution in [0.1, 0.15) is 17.0 Å². The number of rotatable bonds is 4. The summed E-state index contributed by atoms with van der Waals surface area (Å²) in [5.41, 5.74) is 1.68. The SMILES string of the molecule is O=C(N[C@H]1CCN(c2nccn3ccnc23)C1)c1ncn(-c2ccc(I)cc2)n1. The van der Waals surface area contributed by atoms with Crippen LogP contribution in [0.5, 0.6) is 0 Å². The molecule has 1 amide bonds. The van der Waals surface area contributed by atoms with Crippen LogP contribution < -0.4 is 10.2 Å². The van der Waals surface area contributed by atoms with Gasteiger partial charge in [0.1, 0.15) is 6.33 Å². The van der Waals surface area contributed by atoms with E-state index >= 15 is 0 Å². The van der Waals surface area contributed by atoms with Crippen molar-refractivity contribution in [3.8, 4) is 5.69 Å². The number of imidazole rings is 1. The van der Waals surface area contributed by atoms with E-state index in [2.05, 4.69) is 52.9 Å². The fourth-order valence-electron chi connectivity index (χ4n) is 3.47. The number of halogens is 1. The third-order valence-corrected chi connectivity index (χ3v) is 5.62. The van der Waals surface area contributed by atoms with E-state index in [1.807, 2.05) is 41.1 Å². The summed E-state index contributed by atoms with van der Waals surface area (Å²) in [6.07, 6.45) is 9.67. The van der Waals surface area contributed by atoms with Crippen LogP contribution in [-0.4, -0.2) is 54.2 Å². The number of carbonyl (C=O) groups is 1. The van der Waals surface area contributed by atoms with Crippen molar-refractivity contribution in [2.75, 3.05) is 18.0 Å². The number of benzene rings is 1. The molecule has 1 aromatic carbocycles. The lowest BCUT2D eigenvalue weighted by Crippen LogP contribution is -2.37. The van der Waals surface area contributed by atoms with Crippen LogP contribution in [0.4, 0.5) is 5.82 Å². The molecule has 0 bridgehead atoms. The quantitative estimate of drug-likeness (QED) is 0.431. The molecule has 9 nitrogen and oxygen atoms in total. The smallest absolute Gasteiger partial charge is 0.291 e. The van der Waals surface area contributed by atoms with Gasteiger partial charge in [0.15, 0.2) is 11.5 Å². The van der Waals surface area contributed by atoms with Crippen LogP contribution in [0.2, 0.25) is 0 Å². The minimum atomic E-state index is -0.270. The molecule has 3 aromatic heterocycles. The lowest BCUT2D eigenvalue weighted by molar-refractivity contribution is 0.0930. The van der Waals surface area contributed by atoms with Crippen molar-refractivity contribution >= 4 is 40.0 Å². The van der Waals surface area contributed by atoms with Crippen molar-refractivity contribution in [3.63, 3.8) is 0 Å². The van der Waals surface area contributed by atoms with Crippen LogP contribution in [0, 0.1) is 3.57 Å². The van der Waals surface area contributed by atoms with E-state index in [4.69, 9.17) is 0 Å². The first-order valence-corrected chi connectivity index (χ1v) is 10.3. The Morgan fingerprint density at radius 3 is 2.72 bits per heavy atom. The zero-order valence-corrected chi connectivity index (χ0v) is 17.5. The molecule has 4 heterocycles. The number of hydrogen-bond acceptors (Lipinski definition) is 6. The standard InChI is InChI=1S/C19H17IN8O/c20-13-1-3-15(4-2-13)28-12-23-16(25-28)19(29)24-14-5-8-27(11-14)18-17-21-6-9-26(17)10-7-22-18/h1-4,6-7,9-10,12,14H,5,8,11H2,(H,24,29)/t14-/m0/s1. The average Bonchev–Trinajstić information content (AvgIpc) is 3.48. The third kappa shape index (κ3) is 3.55. The number of carbonyl (C=O) groups excluding carboxylic acids is 1. The Morgan fingerprint density at radius 2 is 1.90 bits per heavy atom. The van der Waals surface area contributed by atoms with Gasteiger partial charge in [-0.1, -0.05) is 0 Å². The molecule has 0 aliphatic carbocycles. The third-order valence-electron chi connectivity index (χ3n) is 4.90. The second-order valence-electron chi connectivity index (χ2n) is 6.80. The van der Waals surface area contributed by atoms with Gasteiger partial charge < -0.3 is 14.6 Å². The predicted molar refractivity (Wildman–Crippen MR) is 115 cm³/mol. The van der Waals surface area contributed by atoms with E-state index in [1.54, 1.807) is 23.4 Å². The molecule has 0 saturated carbocycles. The number of nitrogens with zero attached hydrogens (tertiary/aromatic N) is 7. The molecule has 5 rings (SSSR count). The Balaban J connectivity index is 1.26. The van der Waals surface area contributed by atoms with Crippen molar-refractivity contribution in [2.24, 2.45) is 0 Å². The van der Waals surface area contributed by atoms with Crippen LogP contribution in [0.3, 0.4) is 0 Å². The largest absolute Gasteiger partial charge is 0.351 e. The summed E-state index contributed by atoms with van der Waals surface area (Å²) in [7, 11) is 0. The second kappa shape index (κ2) is 7.43. The molecule has 0 spiro atoms. The van der Waals surface area contributed by atoms with E-state index in [0.717, 1.165) is 33.7 Å². The van der Waals surface area contributed by atoms with E-state index < -0.39 is 0 Å². The van der Waals surface area contributed by atoms with Crippen molar-refractivity contribution in [1.29, 1.82) is 0 Å². The van der Waals surface area contributed by atoms with Crippen LogP contribution in [0.25, 0.3) is 11.3 Å². The molecule has 10 heteroatoms. The van der Waals surface area contributed by atoms with Gasteiger partial charge in [0, 0.05) is 47.5 Å². The molecular weight excluding hydrogens is 483 g/mol. The summed E-state index contributed by atoms with van der Waals surface area (Å²) in [4.78, 5) is 27.8. The number of amides is 1. The summed E-state index contributed by atoms with van der Waals surface area (Å²) >= 11 is 2.25. The Bertz CT molecular complexity index is 1170. The van der Waals surface area contributed by atoms with Crippen LogP contribution in [-0.2, 0) is 0 Å². The Morgan fingerprint density at radius 1 is 1.10 bits per heavy atom. The van der Waals surface area contributed by atoms with Gasteiger partial charge in [-0.05, 0) is 53.3 Å². The fraction of sp³-hybridized carbons (Fsp3) is 0.211. The minimum Gasteiger partial charge on any atom is -0.351 e. The monoisotopic (exact) mass is 500 g/mol. The highest BCUT2D eigenvalue weighted by Crippen LogP contribution is 2.22. The molecule has 29 heavy (non-hydrogen) atoms. The molecule has 1 aliphatic heterocycles.